The third-order valence-electron chi connectivity index (χ3n) is 4.40. The van der Waals surface area contributed by atoms with Gasteiger partial charge in [-0.15, -0.1) is 0 Å². The number of rotatable bonds is 4. The molecule has 1 unspecified atom stereocenters. The van der Waals surface area contributed by atoms with Crippen LogP contribution in [0.2, 0.25) is 10.0 Å². The Morgan fingerprint density at radius 2 is 1.96 bits per heavy atom. The minimum absolute atomic E-state index is 0.0475. The van der Waals surface area contributed by atoms with E-state index in [2.05, 4.69) is 10.3 Å². The van der Waals surface area contributed by atoms with Gasteiger partial charge in [0, 0.05) is 12.4 Å². The van der Waals surface area contributed by atoms with Gasteiger partial charge in [0.1, 0.15) is 0 Å². The first-order chi connectivity index (χ1) is 11.2. The summed E-state index contributed by atoms with van der Waals surface area (Å²) in [5.41, 5.74) is 1.44. The van der Waals surface area contributed by atoms with Gasteiger partial charge in [-0.25, -0.2) is 0 Å². The third-order valence-corrected chi connectivity index (χ3v) is 5.22. The Morgan fingerprint density at radius 3 is 2.65 bits per heavy atom. The summed E-state index contributed by atoms with van der Waals surface area (Å²) in [6.45, 7) is 0. The number of aromatic nitrogens is 1. The van der Waals surface area contributed by atoms with Crippen molar-refractivity contribution in [3.8, 4) is 0 Å². The van der Waals surface area contributed by atoms with Gasteiger partial charge in [0.25, 0.3) is 5.91 Å². The number of nitrogens with zero attached hydrogens (tertiary/aromatic N) is 1. The van der Waals surface area contributed by atoms with Crippen molar-refractivity contribution in [1.82, 2.24) is 10.3 Å². The van der Waals surface area contributed by atoms with Gasteiger partial charge in [-0.05, 0) is 42.5 Å². The minimum atomic E-state index is -0.196. The summed E-state index contributed by atoms with van der Waals surface area (Å²) in [4.78, 5) is 16.9. The summed E-state index contributed by atoms with van der Waals surface area (Å²) in [5.74, 6) is 0.236. The molecule has 0 bridgehead atoms. The predicted octanol–water partition coefficient (Wildman–Crippen LogP) is 5.05. The summed E-state index contributed by atoms with van der Waals surface area (Å²) in [6, 6.07) is 8.96. The molecule has 120 valence electrons. The highest BCUT2D eigenvalue weighted by molar-refractivity contribution is 6.43. The van der Waals surface area contributed by atoms with Gasteiger partial charge in [0.15, 0.2) is 0 Å². The normalized spacial score (nSPS) is 16.3. The van der Waals surface area contributed by atoms with E-state index in [1.54, 1.807) is 24.4 Å². The van der Waals surface area contributed by atoms with Crippen LogP contribution in [-0.2, 0) is 0 Å². The molecule has 1 aliphatic rings. The molecule has 2 aromatic rings. The molecule has 1 aromatic carbocycles. The monoisotopic (exact) mass is 348 g/mol. The lowest BCUT2D eigenvalue weighted by Gasteiger charge is -2.25. The predicted molar refractivity (Wildman–Crippen MR) is 92.9 cm³/mol. The molecule has 1 N–H and O–H groups in total. The standard InChI is InChI=1S/C18H18Cl2N2O/c19-15-9-3-8-14(16(15)20)18(23)22-17(12-5-1-2-6-12)13-7-4-10-21-11-13/h3-4,7-12,17H,1-2,5-6H2,(H,22,23). The topological polar surface area (TPSA) is 42.0 Å². The Labute approximate surface area is 146 Å². The molecule has 1 amide bonds. The van der Waals surface area contributed by atoms with Crippen LogP contribution in [0.25, 0.3) is 0 Å². The number of halogens is 2. The number of amides is 1. The number of nitrogens with one attached hydrogen (secondary N) is 1. The fraction of sp³-hybridized carbons (Fsp3) is 0.333. The molecule has 3 nitrogen and oxygen atoms in total. The molecule has 5 heteroatoms. The quantitative estimate of drug-likeness (QED) is 0.839. The van der Waals surface area contributed by atoms with Crippen molar-refractivity contribution < 1.29 is 4.79 Å². The number of benzene rings is 1. The molecule has 1 aromatic heterocycles. The number of carbonyl (C=O) groups is 1. The maximum absolute atomic E-state index is 12.7. The van der Waals surface area contributed by atoms with Crippen molar-refractivity contribution >= 4 is 29.1 Å². The van der Waals surface area contributed by atoms with Crippen molar-refractivity contribution in [1.29, 1.82) is 0 Å². The Bertz CT molecular complexity index is 685. The molecule has 1 aliphatic carbocycles. The highest BCUT2D eigenvalue weighted by atomic mass is 35.5. The Kier molecular flexibility index (Phi) is 5.19. The molecule has 1 atom stereocenters. The number of pyridine rings is 1. The van der Waals surface area contributed by atoms with E-state index in [1.165, 1.54) is 12.8 Å². The van der Waals surface area contributed by atoms with Gasteiger partial charge in [-0.2, -0.15) is 0 Å². The molecular formula is C18H18Cl2N2O. The molecular weight excluding hydrogens is 331 g/mol. The first-order valence-corrected chi connectivity index (χ1v) is 8.57. The van der Waals surface area contributed by atoms with E-state index in [0.29, 0.717) is 21.5 Å². The fourth-order valence-corrected chi connectivity index (χ4v) is 3.61. The maximum Gasteiger partial charge on any atom is 0.253 e. The van der Waals surface area contributed by atoms with E-state index in [1.807, 2.05) is 18.3 Å². The van der Waals surface area contributed by atoms with Crippen LogP contribution in [0, 0.1) is 5.92 Å². The second-order valence-corrected chi connectivity index (χ2v) is 6.67. The lowest BCUT2D eigenvalue weighted by molar-refractivity contribution is 0.0922. The highest BCUT2D eigenvalue weighted by Crippen LogP contribution is 2.36. The van der Waals surface area contributed by atoms with Crippen molar-refractivity contribution in [2.45, 2.75) is 31.7 Å². The first-order valence-electron chi connectivity index (χ1n) is 7.81. The van der Waals surface area contributed by atoms with Gasteiger partial charge in [-0.3, -0.25) is 9.78 Å². The zero-order valence-electron chi connectivity index (χ0n) is 12.6. The zero-order valence-corrected chi connectivity index (χ0v) is 14.1. The smallest absolute Gasteiger partial charge is 0.253 e. The summed E-state index contributed by atoms with van der Waals surface area (Å²) in [5, 5.41) is 3.82. The zero-order chi connectivity index (χ0) is 16.2. The van der Waals surface area contributed by atoms with Crippen LogP contribution in [0.5, 0.6) is 0 Å². The van der Waals surface area contributed by atoms with E-state index in [0.717, 1.165) is 18.4 Å². The maximum atomic E-state index is 12.7. The van der Waals surface area contributed by atoms with Crippen LogP contribution in [0.1, 0.15) is 47.6 Å². The highest BCUT2D eigenvalue weighted by Gasteiger charge is 2.28. The van der Waals surface area contributed by atoms with E-state index in [-0.39, 0.29) is 11.9 Å². The average molecular weight is 349 g/mol. The van der Waals surface area contributed by atoms with Gasteiger partial charge in [-0.1, -0.05) is 48.2 Å². The number of carbonyl (C=O) groups excluding carboxylic acids is 1. The number of hydrogen-bond donors (Lipinski definition) is 1. The summed E-state index contributed by atoms with van der Waals surface area (Å²) < 4.78 is 0. The molecule has 0 aliphatic heterocycles. The van der Waals surface area contributed by atoms with E-state index < -0.39 is 0 Å². The third kappa shape index (κ3) is 3.67. The molecule has 1 fully saturated rings. The SMILES string of the molecule is O=C(NC(c1cccnc1)C1CCCC1)c1cccc(Cl)c1Cl. The molecule has 0 saturated heterocycles. The fourth-order valence-electron chi connectivity index (χ4n) is 3.22. The van der Waals surface area contributed by atoms with Crippen molar-refractivity contribution in [2.75, 3.05) is 0 Å². The second-order valence-electron chi connectivity index (χ2n) is 5.88. The van der Waals surface area contributed by atoms with E-state index in [9.17, 15) is 4.79 Å². The van der Waals surface area contributed by atoms with Gasteiger partial charge >= 0.3 is 0 Å². The van der Waals surface area contributed by atoms with Crippen LogP contribution in [0.15, 0.2) is 42.7 Å². The molecule has 1 heterocycles. The van der Waals surface area contributed by atoms with Gasteiger partial charge in [0.05, 0.1) is 21.7 Å². The van der Waals surface area contributed by atoms with Crippen molar-refractivity contribution in [2.24, 2.45) is 5.92 Å². The molecule has 3 rings (SSSR count). The second kappa shape index (κ2) is 7.33. The van der Waals surface area contributed by atoms with E-state index >= 15 is 0 Å². The number of hydrogen-bond acceptors (Lipinski definition) is 2. The summed E-state index contributed by atoms with van der Waals surface area (Å²) in [7, 11) is 0. The van der Waals surface area contributed by atoms with Crippen molar-refractivity contribution in [3.05, 3.63) is 63.9 Å². The van der Waals surface area contributed by atoms with Crippen LogP contribution >= 0.6 is 23.2 Å². The van der Waals surface area contributed by atoms with E-state index in [4.69, 9.17) is 23.2 Å². The van der Waals surface area contributed by atoms with Crippen LogP contribution in [0.4, 0.5) is 0 Å². The lowest BCUT2D eigenvalue weighted by Crippen LogP contribution is -2.33. The Morgan fingerprint density at radius 1 is 1.17 bits per heavy atom. The van der Waals surface area contributed by atoms with Crippen molar-refractivity contribution in [3.63, 3.8) is 0 Å². The molecule has 1 saturated carbocycles. The van der Waals surface area contributed by atoms with Crippen LogP contribution in [0.3, 0.4) is 0 Å². The average Bonchev–Trinajstić information content (AvgIpc) is 3.10. The first kappa shape index (κ1) is 16.3. The minimum Gasteiger partial charge on any atom is -0.345 e. The van der Waals surface area contributed by atoms with Crippen LogP contribution < -0.4 is 5.32 Å². The van der Waals surface area contributed by atoms with Crippen LogP contribution in [-0.4, -0.2) is 10.9 Å². The molecule has 23 heavy (non-hydrogen) atoms. The van der Waals surface area contributed by atoms with Gasteiger partial charge < -0.3 is 5.32 Å². The van der Waals surface area contributed by atoms with Gasteiger partial charge in [0.2, 0.25) is 0 Å². The summed E-state index contributed by atoms with van der Waals surface area (Å²) >= 11 is 12.2. The molecule has 0 spiro atoms. The Hall–Kier alpha value is -1.58. The largest absolute Gasteiger partial charge is 0.345 e. The molecule has 0 radical (unpaired) electrons. The lowest BCUT2D eigenvalue weighted by atomic mass is 9.92. The Balaban J connectivity index is 1.86. The summed E-state index contributed by atoms with van der Waals surface area (Å²) in [6.07, 6.45) is 8.20.